The first-order valence-corrected chi connectivity index (χ1v) is 6.58. The molecule has 0 fully saturated rings. The second-order valence-corrected chi connectivity index (χ2v) is 5.93. The van der Waals surface area contributed by atoms with Crippen molar-refractivity contribution in [1.29, 1.82) is 0 Å². The lowest BCUT2D eigenvalue weighted by atomic mass is 9.97. The molecular weight excluding hydrogens is 201 g/mol. The fraction of sp³-hybridized carbons (Fsp3) is 1.00. The monoisotopic (exact) mass is 223 g/mol. The molecule has 0 heterocycles. The Labute approximate surface area is 86.5 Å². The van der Waals surface area contributed by atoms with Crippen LogP contribution in [0.15, 0.2) is 0 Å². The molecule has 86 valence electrons. The Bertz CT molecular complexity index is 212. The van der Waals surface area contributed by atoms with Crippen LogP contribution < -0.4 is 0 Å². The largest absolute Gasteiger partial charge is 0.403 e. The van der Waals surface area contributed by atoms with Gasteiger partial charge in [-0.1, -0.05) is 26.2 Å². The van der Waals surface area contributed by atoms with Crippen LogP contribution in [-0.2, 0) is 4.57 Å². The fourth-order valence-electron chi connectivity index (χ4n) is 1.32. The maximum atomic E-state index is 11.0. The molecule has 0 saturated heterocycles. The third-order valence-corrected chi connectivity index (χ3v) is 3.98. The summed E-state index contributed by atoms with van der Waals surface area (Å²) in [5, 5.41) is 0. The van der Waals surface area contributed by atoms with E-state index in [9.17, 15) is 4.57 Å². The zero-order chi connectivity index (χ0) is 11.4. The molecule has 0 aliphatic carbocycles. The smallest absolute Gasteiger partial charge is 0.312 e. The zero-order valence-electron chi connectivity index (χ0n) is 9.53. The molecule has 0 aromatic carbocycles. The first kappa shape index (κ1) is 14.1. The highest BCUT2D eigenvalue weighted by Crippen LogP contribution is 2.44. The minimum absolute atomic E-state index is 0.436. The topological polar surface area (TPSA) is 60.8 Å². The van der Waals surface area contributed by atoms with E-state index >= 15 is 0 Å². The van der Waals surface area contributed by atoms with Crippen molar-refractivity contribution in [2.75, 3.05) is 7.05 Å². The molecule has 0 aromatic heterocycles. The summed E-state index contributed by atoms with van der Waals surface area (Å²) in [4.78, 5) is 18.0. The summed E-state index contributed by atoms with van der Waals surface area (Å²) in [5.74, 6) is 0. The van der Waals surface area contributed by atoms with Gasteiger partial charge in [0.05, 0.1) is 0 Å². The van der Waals surface area contributed by atoms with Crippen molar-refractivity contribution in [3.63, 3.8) is 0 Å². The summed E-state index contributed by atoms with van der Waals surface area (Å²) in [6.45, 7) is 5.84. The van der Waals surface area contributed by atoms with Crippen LogP contribution in [-0.4, -0.2) is 27.0 Å². The highest BCUT2D eigenvalue weighted by atomic mass is 31.2. The van der Waals surface area contributed by atoms with Crippen molar-refractivity contribution in [1.82, 2.24) is 4.67 Å². The van der Waals surface area contributed by atoms with E-state index in [0.29, 0.717) is 0 Å². The van der Waals surface area contributed by atoms with Crippen molar-refractivity contribution in [3.05, 3.63) is 0 Å². The first-order chi connectivity index (χ1) is 6.22. The summed E-state index contributed by atoms with van der Waals surface area (Å²) in [6, 6.07) is 0. The zero-order valence-corrected chi connectivity index (χ0v) is 10.4. The molecule has 5 heteroatoms. The molecule has 0 rings (SSSR count). The van der Waals surface area contributed by atoms with Gasteiger partial charge in [-0.15, -0.1) is 0 Å². The Morgan fingerprint density at radius 1 is 1.29 bits per heavy atom. The van der Waals surface area contributed by atoms with Crippen LogP contribution in [0.3, 0.4) is 0 Å². The Balaban J connectivity index is 4.24. The molecule has 0 aliphatic heterocycles. The van der Waals surface area contributed by atoms with Crippen LogP contribution >= 0.6 is 7.75 Å². The van der Waals surface area contributed by atoms with Crippen molar-refractivity contribution in [2.24, 2.45) is 0 Å². The maximum Gasteiger partial charge on any atom is 0.403 e. The Morgan fingerprint density at radius 3 is 2.14 bits per heavy atom. The lowest BCUT2D eigenvalue weighted by Crippen LogP contribution is -2.38. The van der Waals surface area contributed by atoms with E-state index < -0.39 is 13.3 Å². The predicted molar refractivity (Wildman–Crippen MR) is 58.0 cm³/mol. The van der Waals surface area contributed by atoms with Gasteiger partial charge in [-0.2, -0.15) is 0 Å². The highest BCUT2D eigenvalue weighted by Gasteiger charge is 2.34. The van der Waals surface area contributed by atoms with Gasteiger partial charge >= 0.3 is 7.75 Å². The summed E-state index contributed by atoms with van der Waals surface area (Å²) in [7, 11) is -2.61. The molecule has 0 bridgehead atoms. The minimum Gasteiger partial charge on any atom is -0.312 e. The summed E-state index contributed by atoms with van der Waals surface area (Å²) in [5.41, 5.74) is -0.436. The van der Waals surface area contributed by atoms with Gasteiger partial charge in [0.1, 0.15) is 0 Å². The molecule has 0 aromatic rings. The highest BCUT2D eigenvalue weighted by molar-refractivity contribution is 7.49. The van der Waals surface area contributed by atoms with Crippen molar-refractivity contribution in [2.45, 2.75) is 52.0 Å². The standard InChI is InChI=1S/C9H22NO3P/c1-5-6-7-8-9(2,3)10(4)14(11,12)13/h5-8H2,1-4H3,(H2,11,12,13). The predicted octanol–water partition coefficient (Wildman–Crippen LogP) is 2.37. The molecular formula is C9H22NO3P. The van der Waals surface area contributed by atoms with E-state index in [1.807, 2.05) is 13.8 Å². The van der Waals surface area contributed by atoms with Gasteiger partial charge in [0.2, 0.25) is 0 Å². The van der Waals surface area contributed by atoms with E-state index in [0.717, 1.165) is 30.4 Å². The van der Waals surface area contributed by atoms with Crippen LogP contribution in [0, 0.1) is 0 Å². The van der Waals surface area contributed by atoms with Crippen LogP contribution in [0.5, 0.6) is 0 Å². The quantitative estimate of drug-likeness (QED) is 0.536. The molecule has 0 saturated carbocycles. The second kappa shape index (κ2) is 5.26. The molecule has 14 heavy (non-hydrogen) atoms. The van der Waals surface area contributed by atoms with Crippen LogP contribution in [0.4, 0.5) is 0 Å². The minimum atomic E-state index is -4.09. The molecule has 0 spiro atoms. The van der Waals surface area contributed by atoms with E-state index in [4.69, 9.17) is 9.79 Å². The van der Waals surface area contributed by atoms with Crippen molar-refractivity contribution in [3.8, 4) is 0 Å². The molecule has 0 unspecified atom stereocenters. The molecule has 0 atom stereocenters. The number of rotatable bonds is 6. The summed E-state index contributed by atoms with van der Waals surface area (Å²) in [6.07, 6.45) is 4.05. The second-order valence-electron chi connectivity index (χ2n) is 4.31. The SMILES string of the molecule is CCCCCC(C)(C)N(C)P(=O)(O)O. The van der Waals surface area contributed by atoms with E-state index in [2.05, 4.69) is 6.92 Å². The number of hydrogen-bond acceptors (Lipinski definition) is 1. The first-order valence-electron chi connectivity index (χ1n) is 5.01. The van der Waals surface area contributed by atoms with E-state index in [-0.39, 0.29) is 0 Å². The lowest BCUT2D eigenvalue weighted by molar-refractivity contribution is 0.182. The van der Waals surface area contributed by atoms with Gasteiger partial charge in [0.25, 0.3) is 0 Å². The van der Waals surface area contributed by atoms with Gasteiger partial charge in [0, 0.05) is 5.54 Å². The Morgan fingerprint density at radius 2 is 1.79 bits per heavy atom. The van der Waals surface area contributed by atoms with Crippen molar-refractivity contribution < 1.29 is 14.4 Å². The van der Waals surface area contributed by atoms with Gasteiger partial charge in [-0.25, -0.2) is 9.24 Å². The Kier molecular flexibility index (Phi) is 5.31. The molecule has 4 nitrogen and oxygen atoms in total. The lowest BCUT2D eigenvalue weighted by Gasteiger charge is -2.35. The third-order valence-electron chi connectivity index (χ3n) is 2.66. The van der Waals surface area contributed by atoms with E-state index in [1.165, 1.54) is 7.05 Å². The Hall–Kier alpha value is 0.110. The van der Waals surface area contributed by atoms with Gasteiger partial charge in [-0.3, -0.25) is 0 Å². The average Bonchev–Trinajstić information content (AvgIpc) is 2.01. The van der Waals surface area contributed by atoms with E-state index in [1.54, 1.807) is 0 Å². The normalized spacial score (nSPS) is 13.6. The van der Waals surface area contributed by atoms with Crippen molar-refractivity contribution >= 4 is 7.75 Å². The average molecular weight is 223 g/mol. The van der Waals surface area contributed by atoms with Gasteiger partial charge < -0.3 is 9.79 Å². The summed E-state index contributed by atoms with van der Waals surface area (Å²) >= 11 is 0. The fourth-order valence-corrected chi connectivity index (χ4v) is 2.13. The van der Waals surface area contributed by atoms with Gasteiger partial charge in [-0.05, 0) is 27.3 Å². The number of nitrogens with zero attached hydrogens (tertiary/aromatic N) is 1. The number of hydrogen-bond donors (Lipinski definition) is 2. The van der Waals surface area contributed by atoms with Crippen LogP contribution in [0.1, 0.15) is 46.5 Å². The van der Waals surface area contributed by atoms with Crippen LogP contribution in [0.2, 0.25) is 0 Å². The molecule has 0 aliphatic rings. The molecule has 0 amide bonds. The maximum absolute atomic E-state index is 11.0. The summed E-state index contributed by atoms with van der Waals surface area (Å²) < 4.78 is 12.2. The molecule has 0 radical (unpaired) electrons. The van der Waals surface area contributed by atoms with Gasteiger partial charge in [0.15, 0.2) is 0 Å². The number of unbranched alkanes of at least 4 members (excludes halogenated alkanes) is 2. The van der Waals surface area contributed by atoms with Crippen LogP contribution in [0.25, 0.3) is 0 Å². The third kappa shape index (κ3) is 4.56. The molecule has 2 N–H and O–H groups in total.